The zero-order valence-corrected chi connectivity index (χ0v) is 11.9. The van der Waals surface area contributed by atoms with Crippen molar-refractivity contribution in [3.63, 3.8) is 0 Å². The van der Waals surface area contributed by atoms with Gasteiger partial charge in [0.05, 0.1) is 12.8 Å². The summed E-state index contributed by atoms with van der Waals surface area (Å²) in [5.74, 6) is 1.14. The van der Waals surface area contributed by atoms with Crippen molar-refractivity contribution in [3.05, 3.63) is 40.5 Å². The minimum Gasteiger partial charge on any atom is -0.494 e. The second-order valence-electron chi connectivity index (χ2n) is 4.56. The van der Waals surface area contributed by atoms with Crippen molar-refractivity contribution in [3.8, 4) is 17.0 Å². The van der Waals surface area contributed by atoms with Gasteiger partial charge in [-0.05, 0) is 53.0 Å². The van der Waals surface area contributed by atoms with Crippen LogP contribution in [0.25, 0.3) is 11.3 Å². The maximum Gasteiger partial charge on any atom is 0.165 e. The van der Waals surface area contributed by atoms with Crippen molar-refractivity contribution >= 4 is 15.9 Å². The Morgan fingerprint density at radius 3 is 2.68 bits per heavy atom. The number of ether oxygens (including phenoxy) is 1. The van der Waals surface area contributed by atoms with Gasteiger partial charge in [0.25, 0.3) is 0 Å². The average Bonchev–Trinajstić information content (AvgIpc) is 3.22. The Labute approximate surface area is 119 Å². The molecule has 3 rings (SSSR count). The first-order chi connectivity index (χ1) is 9.17. The van der Waals surface area contributed by atoms with Gasteiger partial charge in [-0.1, -0.05) is 0 Å². The van der Waals surface area contributed by atoms with E-state index in [1.807, 2.05) is 0 Å². The first-order valence-corrected chi connectivity index (χ1v) is 6.85. The van der Waals surface area contributed by atoms with Gasteiger partial charge >= 0.3 is 0 Å². The molecule has 0 bridgehead atoms. The number of nitrogens with zero attached hydrogens (tertiary/aromatic N) is 2. The Kier molecular flexibility index (Phi) is 3.22. The SMILES string of the molecule is COc1ccc(-c2cc(Br)nc(C3CC3)n2)cc1F. The summed E-state index contributed by atoms with van der Waals surface area (Å²) in [6.07, 6.45) is 2.26. The number of aromatic nitrogens is 2. The quantitative estimate of drug-likeness (QED) is 0.803. The van der Waals surface area contributed by atoms with Crippen LogP contribution in [0, 0.1) is 5.82 Å². The molecule has 3 nitrogen and oxygen atoms in total. The normalized spacial score (nSPS) is 14.5. The third-order valence-corrected chi connectivity index (χ3v) is 3.51. The standard InChI is InChI=1S/C14H12BrFN2O/c1-19-12-5-4-9(6-10(12)16)11-7-13(15)18-14(17-11)8-2-3-8/h4-8H,2-3H2,1H3. The highest BCUT2D eigenvalue weighted by Crippen LogP contribution is 2.39. The van der Waals surface area contributed by atoms with Crippen LogP contribution in [-0.2, 0) is 0 Å². The minimum atomic E-state index is -0.386. The highest BCUT2D eigenvalue weighted by atomic mass is 79.9. The van der Waals surface area contributed by atoms with Crippen molar-refractivity contribution < 1.29 is 9.13 Å². The van der Waals surface area contributed by atoms with Crippen molar-refractivity contribution in [2.45, 2.75) is 18.8 Å². The molecule has 98 valence electrons. The van der Waals surface area contributed by atoms with Crippen LogP contribution in [0.2, 0.25) is 0 Å². The Balaban J connectivity index is 2.03. The van der Waals surface area contributed by atoms with Gasteiger partial charge in [0.15, 0.2) is 11.6 Å². The molecule has 0 unspecified atom stereocenters. The fraction of sp³-hybridized carbons (Fsp3) is 0.286. The third-order valence-electron chi connectivity index (χ3n) is 3.10. The average molecular weight is 323 g/mol. The summed E-state index contributed by atoms with van der Waals surface area (Å²) >= 11 is 3.38. The fourth-order valence-corrected chi connectivity index (χ4v) is 2.33. The summed E-state index contributed by atoms with van der Waals surface area (Å²) in [6.45, 7) is 0. The Bertz CT molecular complexity index is 629. The largest absolute Gasteiger partial charge is 0.494 e. The summed E-state index contributed by atoms with van der Waals surface area (Å²) in [6, 6.07) is 6.64. The first kappa shape index (κ1) is 12.5. The minimum absolute atomic E-state index is 0.235. The highest BCUT2D eigenvalue weighted by molar-refractivity contribution is 9.10. The number of methoxy groups -OCH3 is 1. The summed E-state index contributed by atoms with van der Waals surface area (Å²) in [7, 11) is 1.45. The molecule has 2 aromatic rings. The van der Waals surface area contributed by atoms with Gasteiger partial charge in [0.1, 0.15) is 10.4 Å². The van der Waals surface area contributed by atoms with Crippen molar-refractivity contribution in [1.82, 2.24) is 9.97 Å². The van der Waals surface area contributed by atoms with Crippen LogP contribution in [0.5, 0.6) is 5.75 Å². The van der Waals surface area contributed by atoms with Gasteiger partial charge < -0.3 is 4.74 Å². The Morgan fingerprint density at radius 1 is 1.26 bits per heavy atom. The molecule has 1 aromatic heterocycles. The van der Waals surface area contributed by atoms with Crippen molar-refractivity contribution in [2.24, 2.45) is 0 Å². The molecule has 0 spiro atoms. The van der Waals surface area contributed by atoms with Crippen molar-refractivity contribution in [2.75, 3.05) is 7.11 Å². The van der Waals surface area contributed by atoms with Gasteiger partial charge in [-0.2, -0.15) is 0 Å². The van der Waals surface area contributed by atoms with Crippen molar-refractivity contribution in [1.29, 1.82) is 0 Å². The molecular weight excluding hydrogens is 311 g/mol. The van der Waals surface area contributed by atoms with E-state index in [0.29, 0.717) is 5.92 Å². The Morgan fingerprint density at radius 2 is 2.05 bits per heavy atom. The molecule has 0 radical (unpaired) electrons. The highest BCUT2D eigenvalue weighted by Gasteiger charge is 2.27. The number of rotatable bonds is 3. The van der Waals surface area contributed by atoms with E-state index in [2.05, 4.69) is 25.9 Å². The number of hydrogen-bond acceptors (Lipinski definition) is 3. The Hall–Kier alpha value is -1.49. The molecule has 19 heavy (non-hydrogen) atoms. The molecular formula is C14H12BrFN2O. The smallest absolute Gasteiger partial charge is 0.165 e. The number of benzene rings is 1. The molecule has 1 heterocycles. The van der Waals surface area contributed by atoms with E-state index in [9.17, 15) is 4.39 Å². The molecule has 1 aliphatic carbocycles. The molecule has 0 N–H and O–H groups in total. The summed E-state index contributed by atoms with van der Waals surface area (Å²) in [4.78, 5) is 8.88. The maximum absolute atomic E-state index is 13.7. The molecule has 0 saturated heterocycles. The van der Waals surface area contributed by atoms with Gasteiger partial charge in [0, 0.05) is 11.5 Å². The number of hydrogen-bond donors (Lipinski definition) is 0. The first-order valence-electron chi connectivity index (χ1n) is 6.06. The lowest BCUT2D eigenvalue weighted by Gasteiger charge is -2.07. The number of halogens is 2. The van der Waals surface area contributed by atoms with E-state index >= 15 is 0 Å². The topological polar surface area (TPSA) is 35.0 Å². The van der Waals surface area contributed by atoms with Gasteiger partial charge in [-0.3, -0.25) is 0 Å². The molecule has 5 heteroatoms. The van der Waals surface area contributed by atoms with Crippen LogP contribution in [0.3, 0.4) is 0 Å². The monoisotopic (exact) mass is 322 g/mol. The lowest BCUT2D eigenvalue weighted by molar-refractivity contribution is 0.386. The predicted molar refractivity (Wildman–Crippen MR) is 73.7 cm³/mol. The summed E-state index contributed by atoms with van der Waals surface area (Å²) in [5, 5.41) is 0. The third kappa shape index (κ3) is 2.61. The maximum atomic E-state index is 13.7. The van der Waals surface area contributed by atoms with Gasteiger partial charge in [-0.25, -0.2) is 14.4 Å². The molecule has 1 aromatic carbocycles. The lowest BCUT2D eigenvalue weighted by Crippen LogP contribution is -1.96. The van der Waals surface area contributed by atoms with Gasteiger partial charge in [-0.15, -0.1) is 0 Å². The second-order valence-corrected chi connectivity index (χ2v) is 5.37. The van der Waals surface area contributed by atoms with Crippen LogP contribution in [-0.4, -0.2) is 17.1 Å². The summed E-state index contributed by atoms with van der Waals surface area (Å²) in [5.41, 5.74) is 1.45. The summed E-state index contributed by atoms with van der Waals surface area (Å²) < 4.78 is 19.4. The van der Waals surface area contributed by atoms with Crippen LogP contribution < -0.4 is 4.74 Å². The van der Waals surface area contributed by atoms with Crippen LogP contribution in [0.1, 0.15) is 24.6 Å². The molecule has 0 aliphatic heterocycles. The van der Waals surface area contributed by atoms with E-state index in [0.717, 1.165) is 34.5 Å². The van der Waals surface area contributed by atoms with E-state index in [1.54, 1.807) is 18.2 Å². The van der Waals surface area contributed by atoms with Crippen LogP contribution in [0.15, 0.2) is 28.9 Å². The predicted octanol–water partition coefficient (Wildman–Crippen LogP) is 3.93. The molecule has 0 atom stereocenters. The fourth-order valence-electron chi connectivity index (χ4n) is 1.93. The van der Waals surface area contributed by atoms with E-state index in [-0.39, 0.29) is 11.6 Å². The van der Waals surface area contributed by atoms with E-state index in [1.165, 1.54) is 13.2 Å². The van der Waals surface area contributed by atoms with E-state index in [4.69, 9.17) is 4.74 Å². The van der Waals surface area contributed by atoms with Gasteiger partial charge in [0.2, 0.25) is 0 Å². The zero-order valence-electron chi connectivity index (χ0n) is 10.4. The van der Waals surface area contributed by atoms with Crippen LogP contribution in [0.4, 0.5) is 4.39 Å². The molecule has 1 aliphatic rings. The molecule has 0 amide bonds. The molecule has 1 saturated carbocycles. The van der Waals surface area contributed by atoms with E-state index < -0.39 is 0 Å². The molecule has 1 fully saturated rings. The van der Waals surface area contributed by atoms with Crippen LogP contribution >= 0.6 is 15.9 Å². The lowest BCUT2D eigenvalue weighted by atomic mass is 10.1. The second kappa shape index (κ2) is 4.89. The zero-order chi connectivity index (χ0) is 13.4.